The van der Waals surface area contributed by atoms with Crippen molar-refractivity contribution in [3.05, 3.63) is 39.4 Å². The first kappa shape index (κ1) is 20.3. The number of nitrogens with one attached hydrogen (secondary N) is 1. The molecule has 2 N–H and O–H groups in total. The van der Waals surface area contributed by atoms with E-state index < -0.39 is 0 Å². The Labute approximate surface area is 178 Å². The summed E-state index contributed by atoms with van der Waals surface area (Å²) in [6.45, 7) is 6.99. The molecule has 2 saturated heterocycles. The summed E-state index contributed by atoms with van der Waals surface area (Å²) in [5.41, 5.74) is 2.29. The molecule has 2 aliphatic rings. The first-order valence-corrected chi connectivity index (χ1v) is 10.7. The summed E-state index contributed by atoms with van der Waals surface area (Å²) in [5, 5.41) is 13.1. The summed E-state index contributed by atoms with van der Waals surface area (Å²) in [7, 11) is 0. The average Bonchev–Trinajstić information content (AvgIpc) is 3.26. The van der Waals surface area contributed by atoms with Crippen molar-refractivity contribution in [2.45, 2.75) is 39.7 Å². The second kappa shape index (κ2) is 7.71. The van der Waals surface area contributed by atoms with E-state index in [1.165, 1.54) is 11.3 Å². The molecule has 0 aliphatic carbocycles. The van der Waals surface area contributed by atoms with E-state index in [0.717, 1.165) is 22.9 Å². The Morgan fingerprint density at radius 2 is 1.80 bits per heavy atom. The van der Waals surface area contributed by atoms with Crippen LogP contribution in [0.1, 0.15) is 44.9 Å². The molecule has 8 nitrogen and oxygen atoms in total. The Morgan fingerprint density at radius 1 is 1.17 bits per heavy atom. The van der Waals surface area contributed by atoms with E-state index in [9.17, 15) is 19.5 Å². The maximum Gasteiger partial charge on any atom is 0.324 e. The number of phenols is 1. The lowest BCUT2D eigenvalue weighted by molar-refractivity contribution is -0.118. The maximum atomic E-state index is 13.0. The summed E-state index contributed by atoms with van der Waals surface area (Å²) in [5.74, 6) is -0.192. The minimum atomic E-state index is -0.309. The number of nitrogens with zero attached hydrogens (tertiary/aromatic N) is 3. The topological polar surface area (TPSA) is 103 Å². The van der Waals surface area contributed by atoms with E-state index in [0.29, 0.717) is 35.5 Å². The highest BCUT2D eigenvalue weighted by molar-refractivity contribution is 7.15. The van der Waals surface area contributed by atoms with Crippen LogP contribution in [0.2, 0.25) is 0 Å². The molecule has 158 valence electrons. The molecule has 9 heteroatoms. The first-order chi connectivity index (χ1) is 14.2. The predicted octanol–water partition coefficient (Wildman–Crippen LogP) is 2.53. The third-order valence-electron chi connectivity index (χ3n) is 5.75. The number of rotatable bonds is 4. The van der Waals surface area contributed by atoms with Crippen molar-refractivity contribution in [2.75, 3.05) is 24.5 Å². The summed E-state index contributed by atoms with van der Waals surface area (Å²) >= 11 is 1.49. The zero-order valence-electron chi connectivity index (χ0n) is 17.2. The highest BCUT2D eigenvalue weighted by Gasteiger charge is 2.35. The maximum absolute atomic E-state index is 13.0. The summed E-state index contributed by atoms with van der Waals surface area (Å²) < 4.78 is 0. The van der Waals surface area contributed by atoms with Crippen molar-refractivity contribution < 1.29 is 19.5 Å². The van der Waals surface area contributed by atoms with Crippen molar-refractivity contribution in [1.29, 1.82) is 0 Å². The number of benzene rings is 1. The monoisotopic (exact) mass is 428 g/mol. The largest absolute Gasteiger partial charge is 0.507 e. The van der Waals surface area contributed by atoms with E-state index in [-0.39, 0.29) is 36.1 Å². The summed E-state index contributed by atoms with van der Waals surface area (Å²) in [6, 6.07) is 3.11. The number of carbonyl (C=O) groups is 3. The number of amides is 3. The number of aromatic nitrogens is 1. The number of anilines is 1. The molecule has 0 bridgehead atoms. The van der Waals surface area contributed by atoms with Crippen LogP contribution in [0.3, 0.4) is 0 Å². The fraction of sp³-hybridized carbons (Fsp3) is 0.429. The SMILES string of the molecule is Cc1cc(C(=O)c2nc(N3CCC(N4CC(=O)NC4=O)CC3)sc2C)cc(C)c1O. The molecule has 0 atom stereocenters. The van der Waals surface area contributed by atoms with Crippen LogP contribution >= 0.6 is 11.3 Å². The van der Waals surface area contributed by atoms with Gasteiger partial charge in [-0.2, -0.15) is 0 Å². The fourth-order valence-electron chi connectivity index (χ4n) is 4.07. The molecule has 0 radical (unpaired) electrons. The number of aryl methyl sites for hydroxylation is 3. The molecule has 2 aliphatic heterocycles. The van der Waals surface area contributed by atoms with Gasteiger partial charge in [0.05, 0.1) is 0 Å². The van der Waals surface area contributed by atoms with Gasteiger partial charge in [0.1, 0.15) is 18.0 Å². The van der Waals surface area contributed by atoms with Gasteiger partial charge in [0.2, 0.25) is 11.7 Å². The zero-order chi connectivity index (χ0) is 21.6. The van der Waals surface area contributed by atoms with Crippen LogP contribution in [0.4, 0.5) is 9.93 Å². The van der Waals surface area contributed by atoms with Crippen LogP contribution in [-0.4, -0.2) is 58.4 Å². The number of aromatic hydroxyl groups is 1. The van der Waals surface area contributed by atoms with Crippen LogP contribution in [0.25, 0.3) is 0 Å². The normalized spacial score (nSPS) is 17.6. The van der Waals surface area contributed by atoms with Gasteiger partial charge >= 0.3 is 6.03 Å². The van der Waals surface area contributed by atoms with Gasteiger partial charge < -0.3 is 14.9 Å². The van der Waals surface area contributed by atoms with E-state index in [4.69, 9.17) is 0 Å². The molecule has 0 unspecified atom stereocenters. The number of hydrogen-bond acceptors (Lipinski definition) is 7. The average molecular weight is 429 g/mol. The van der Waals surface area contributed by atoms with Crippen molar-refractivity contribution in [3.8, 4) is 5.75 Å². The van der Waals surface area contributed by atoms with Crippen molar-refractivity contribution in [2.24, 2.45) is 0 Å². The minimum Gasteiger partial charge on any atom is -0.507 e. The second-order valence-electron chi connectivity index (χ2n) is 7.89. The standard InChI is InChI=1S/C21H24N4O4S/c1-11-8-14(9-12(2)18(11)27)19(28)17-13(3)30-21(23-17)24-6-4-15(5-7-24)25-10-16(26)22-20(25)29/h8-9,15,27H,4-7,10H2,1-3H3,(H,22,26,29). The first-order valence-electron chi connectivity index (χ1n) is 9.92. The lowest BCUT2D eigenvalue weighted by Crippen LogP contribution is -2.46. The van der Waals surface area contributed by atoms with Gasteiger partial charge in [0.15, 0.2) is 5.13 Å². The molecule has 3 heterocycles. The molecule has 0 saturated carbocycles. The zero-order valence-corrected chi connectivity index (χ0v) is 18.0. The Kier molecular flexibility index (Phi) is 5.23. The lowest BCUT2D eigenvalue weighted by Gasteiger charge is -2.35. The molecule has 1 aromatic carbocycles. The van der Waals surface area contributed by atoms with E-state index >= 15 is 0 Å². The minimum absolute atomic E-state index is 0.0396. The molecular weight excluding hydrogens is 404 g/mol. The molecule has 30 heavy (non-hydrogen) atoms. The molecule has 3 amide bonds. The Hall–Kier alpha value is -2.94. The van der Waals surface area contributed by atoms with Gasteiger partial charge in [-0.05, 0) is 56.9 Å². The Balaban J connectivity index is 1.48. The number of carbonyl (C=O) groups excluding carboxylic acids is 3. The fourth-order valence-corrected chi connectivity index (χ4v) is 5.03. The van der Waals surface area contributed by atoms with Crippen LogP contribution in [-0.2, 0) is 4.79 Å². The van der Waals surface area contributed by atoms with Crippen LogP contribution < -0.4 is 10.2 Å². The van der Waals surface area contributed by atoms with Gasteiger partial charge in [-0.1, -0.05) is 0 Å². The van der Waals surface area contributed by atoms with Gasteiger partial charge in [0, 0.05) is 29.6 Å². The molecule has 4 rings (SSSR count). The lowest BCUT2D eigenvalue weighted by atomic mass is 10.0. The predicted molar refractivity (Wildman–Crippen MR) is 113 cm³/mol. The van der Waals surface area contributed by atoms with E-state index in [1.54, 1.807) is 30.9 Å². The van der Waals surface area contributed by atoms with Crippen LogP contribution in [0.15, 0.2) is 12.1 Å². The van der Waals surface area contributed by atoms with Gasteiger partial charge in [-0.3, -0.25) is 14.9 Å². The summed E-state index contributed by atoms with van der Waals surface area (Å²) in [6.07, 6.45) is 1.50. The number of phenolic OH excluding ortho intramolecular Hbond substituents is 1. The number of urea groups is 1. The third kappa shape index (κ3) is 3.65. The highest BCUT2D eigenvalue weighted by Crippen LogP contribution is 2.31. The van der Waals surface area contributed by atoms with E-state index in [2.05, 4.69) is 15.2 Å². The number of hydrogen-bond donors (Lipinski definition) is 2. The second-order valence-corrected chi connectivity index (χ2v) is 9.07. The molecular formula is C21H24N4O4S. The molecule has 2 aromatic rings. The van der Waals surface area contributed by atoms with Crippen molar-refractivity contribution in [1.82, 2.24) is 15.2 Å². The van der Waals surface area contributed by atoms with Crippen molar-refractivity contribution >= 4 is 34.2 Å². The van der Waals surface area contributed by atoms with Crippen LogP contribution in [0.5, 0.6) is 5.75 Å². The van der Waals surface area contributed by atoms with Gasteiger partial charge in [-0.25, -0.2) is 9.78 Å². The third-order valence-corrected chi connectivity index (χ3v) is 6.78. The van der Waals surface area contributed by atoms with Gasteiger partial charge in [0.25, 0.3) is 0 Å². The number of ketones is 1. The molecule has 1 aromatic heterocycles. The van der Waals surface area contributed by atoms with Crippen molar-refractivity contribution in [3.63, 3.8) is 0 Å². The highest BCUT2D eigenvalue weighted by atomic mass is 32.1. The molecule has 2 fully saturated rings. The van der Waals surface area contributed by atoms with Gasteiger partial charge in [-0.15, -0.1) is 11.3 Å². The number of thiazole rings is 1. The Morgan fingerprint density at radius 3 is 2.37 bits per heavy atom. The Bertz CT molecular complexity index is 1020. The number of imide groups is 1. The number of piperidine rings is 1. The quantitative estimate of drug-likeness (QED) is 0.573. The summed E-state index contributed by atoms with van der Waals surface area (Å²) in [4.78, 5) is 45.6. The smallest absolute Gasteiger partial charge is 0.324 e. The van der Waals surface area contributed by atoms with E-state index in [1.807, 2.05) is 6.92 Å². The van der Waals surface area contributed by atoms with Crippen LogP contribution in [0, 0.1) is 20.8 Å². The molecule has 0 spiro atoms.